The summed E-state index contributed by atoms with van der Waals surface area (Å²) in [5, 5.41) is 0. The molecule has 0 radical (unpaired) electrons. The van der Waals surface area contributed by atoms with Gasteiger partial charge in [-0.3, -0.25) is 4.79 Å². The number of benzene rings is 1. The second-order valence-corrected chi connectivity index (χ2v) is 9.74. The zero-order valence-electron chi connectivity index (χ0n) is 15.9. The summed E-state index contributed by atoms with van der Waals surface area (Å²) in [6.45, 7) is 6.89. The standard InChI is InChI=1S/C20H27NO4S/c1-14-5-8-16(9-6-14)26(23,24)21-11-18-15(2)7-10-17(19(22)12-25-4)20(18,3)13-21/h5-9,17-18H,10-13H2,1-4H3/t17-,18+,20-/m0/s1. The number of Topliss-reactive ketones (excluding diaryl/α,β-unsaturated/α-hetero) is 1. The SMILES string of the molecule is COCC(=O)[C@@H]1CC=C(C)[C@H]2CN(S(=O)(=O)c3ccc(C)cc3)C[C@]21C. The topological polar surface area (TPSA) is 63.7 Å². The molecule has 0 N–H and O–H groups in total. The van der Waals surface area contributed by atoms with E-state index in [9.17, 15) is 13.2 Å². The molecule has 6 heteroatoms. The summed E-state index contributed by atoms with van der Waals surface area (Å²) in [5.41, 5.74) is 1.80. The Morgan fingerprint density at radius 3 is 2.54 bits per heavy atom. The Morgan fingerprint density at radius 1 is 1.27 bits per heavy atom. The molecule has 142 valence electrons. The lowest BCUT2D eigenvalue weighted by Gasteiger charge is -2.41. The highest BCUT2D eigenvalue weighted by molar-refractivity contribution is 7.89. The van der Waals surface area contributed by atoms with Gasteiger partial charge >= 0.3 is 0 Å². The van der Waals surface area contributed by atoms with Crippen molar-refractivity contribution in [2.45, 2.75) is 32.1 Å². The largest absolute Gasteiger partial charge is 0.377 e. The highest BCUT2D eigenvalue weighted by Gasteiger charge is 2.54. The quantitative estimate of drug-likeness (QED) is 0.740. The molecule has 1 aliphatic heterocycles. The summed E-state index contributed by atoms with van der Waals surface area (Å²) in [6, 6.07) is 6.94. The van der Waals surface area contributed by atoms with Crippen molar-refractivity contribution in [2.24, 2.45) is 17.3 Å². The fourth-order valence-corrected chi connectivity index (χ4v) is 6.06. The molecular weight excluding hydrogens is 350 g/mol. The fraction of sp³-hybridized carbons (Fsp3) is 0.550. The molecule has 1 heterocycles. The summed E-state index contributed by atoms with van der Waals surface area (Å²) in [4.78, 5) is 12.9. The summed E-state index contributed by atoms with van der Waals surface area (Å²) >= 11 is 0. The van der Waals surface area contributed by atoms with E-state index in [2.05, 4.69) is 13.0 Å². The number of methoxy groups -OCH3 is 1. The molecule has 3 rings (SSSR count). The Kier molecular flexibility index (Phi) is 5.12. The van der Waals surface area contributed by atoms with E-state index >= 15 is 0 Å². The lowest BCUT2D eigenvalue weighted by Crippen LogP contribution is -2.43. The van der Waals surface area contributed by atoms with Crippen LogP contribution in [0.5, 0.6) is 0 Å². The summed E-state index contributed by atoms with van der Waals surface area (Å²) < 4.78 is 32.9. The molecule has 26 heavy (non-hydrogen) atoms. The van der Waals surface area contributed by atoms with Gasteiger partial charge in [-0.15, -0.1) is 0 Å². The van der Waals surface area contributed by atoms with Crippen molar-refractivity contribution in [2.75, 3.05) is 26.8 Å². The Hall–Kier alpha value is -1.50. The van der Waals surface area contributed by atoms with Crippen LogP contribution < -0.4 is 0 Å². The van der Waals surface area contributed by atoms with Crippen LogP contribution in [0.15, 0.2) is 40.8 Å². The fourth-order valence-electron chi connectivity index (χ4n) is 4.48. The van der Waals surface area contributed by atoms with E-state index in [0.717, 1.165) is 5.56 Å². The maximum atomic E-state index is 13.1. The average molecular weight is 378 g/mol. The molecule has 1 saturated heterocycles. The van der Waals surface area contributed by atoms with Crippen molar-refractivity contribution >= 4 is 15.8 Å². The molecule has 0 saturated carbocycles. The van der Waals surface area contributed by atoms with Crippen LogP contribution in [-0.4, -0.2) is 45.3 Å². The predicted octanol–water partition coefficient (Wildman–Crippen LogP) is 2.80. The molecule has 1 fully saturated rings. The number of hydrogen-bond donors (Lipinski definition) is 0. The third kappa shape index (κ3) is 3.15. The van der Waals surface area contributed by atoms with Gasteiger partial charge in [-0.25, -0.2) is 8.42 Å². The average Bonchev–Trinajstić information content (AvgIpc) is 2.95. The number of sulfonamides is 1. The molecule has 0 bridgehead atoms. The van der Waals surface area contributed by atoms with Crippen LogP contribution in [0.25, 0.3) is 0 Å². The van der Waals surface area contributed by atoms with Gasteiger partial charge in [0.05, 0.1) is 4.90 Å². The number of carbonyl (C=O) groups excluding carboxylic acids is 1. The minimum Gasteiger partial charge on any atom is -0.377 e. The van der Waals surface area contributed by atoms with E-state index < -0.39 is 15.4 Å². The Morgan fingerprint density at radius 2 is 1.92 bits per heavy atom. The lowest BCUT2D eigenvalue weighted by molar-refractivity contribution is -0.131. The number of aryl methyl sites for hydroxylation is 1. The Balaban J connectivity index is 1.94. The first kappa shape index (κ1) is 19.3. The van der Waals surface area contributed by atoms with Gasteiger partial charge in [0, 0.05) is 32.0 Å². The van der Waals surface area contributed by atoms with Gasteiger partial charge in [0.25, 0.3) is 0 Å². The van der Waals surface area contributed by atoms with E-state index in [1.165, 1.54) is 12.7 Å². The van der Waals surface area contributed by atoms with Crippen LogP contribution in [0.4, 0.5) is 0 Å². The number of fused-ring (bicyclic) bond motifs is 1. The Labute approximate surface area is 156 Å². The summed E-state index contributed by atoms with van der Waals surface area (Å²) in [7, 11) is -2.05. The van der Waals surface area contributed by atoms with Crippen molar-refractivity contribution < 1.29 is 17.9 Å². The van der Waals surface area contributed by atoms with Gasteiger partial charge in [0.15, 0.2) is 5.78 Å². The monoisotopic (exact) mass is 377 g/mol. The number of carbonyl (C=O) groups is 1. The molecule has 1 aromatic carbocycles. The van der Waals surface area contributed by atoms with Crippen molar-refractivity contribution in [1.29, 1.82) is 0 Å². The second-order valence-electron chi connectivity index (χ2n) is 7.80. The van der Waals surface area contributed by atoms with Crippen molar-refractivity contribution in [3.8, 4) is 0 Å². The normalized spacial score (nSPS) is 29.3. The minimum absolute atomic E-state index is 0.0540. The van der Waals surface area contributed by atoms with E-state index in [1.54, 1.807) is 16.4 Å². The van der Waals surface area contributed by atoms with E-state index in [0.29, 0.717) is 24.4 Å². The van der Waals surface area contributed by atoms with Crippen LogP contribution >= 0.6 is 0 Å². The lowest BCUT2D eigenvalue weighted by atomic mass is 9.62. The molecule has 1 aromatic rings. The molecule has 1 aliphatic carbocycles. The first-order valence-corrected chi connectivity index (χ1v) is 10.4. The van der Waals surface area contributed by atoms with E-state index in [-0.39, 0.29) is 24.2 Å². The maximum absolute atomic E-state index is 13.1. The molecule has 0 amide bonds. The molecular formula is C20H27NO4S. The zero-order chi connectivity index (χ0) is 19.1. The molecule has 0 unspecified atom stereocenters. The van der Waals surface area contributed by atoms with E-state index in [4.69, 9.17) is 4.74 Å². The van der Waals surface area contributed by atoms with Crippen molar-refractivity contribution in [3.63, 3.8) is 0 Å². The number of allylic oxidation sites excluding steroid dienone is 1. The Bertz CT molecular complexity index is 828. The van der Waals surface area contributed by atoms with Crippen LogP contribution in [0.2, 0.25) is 0 Å². The second kappa shape index (κ2) is 6.91. The van der Waals surface area contributed by atoms with E-state index in [1.807, 2.05) is 26.0 Å². The van der Waals surface area contributed by atoms with Gasteiger partial charge in [0.2, 0.25) is 10.0 Å². The highest BCUT2D eigenvalue weighted by Crippen LogP contribution is 2.51. The van der Waals surface area contributed by atoms with Crippen LogP contribution in [0.1, 0.15) is 25.8 Å². The smallest absolute Gasteiger partial charge is 0.243 e. The zero-order valence-corrected chi connectivity index (χ0v) is 16.7. The van der Waals surface area contributed by atoms with Crippen LogP contribution in [0, 0.1) is 24.2 Å². The first-order chi connectivity index (χ1) is 12.2. The highest BCUT2D eigenvalue weighted by atomic mass is 32.2. The number of hydrogen-bond acceptors (Lipinski definition) is 4. The van der Waals surface area contributed by atoms with Gasteiger partial charge in [-0.1, -0.05) is 36.3 Å². The molecule has 2 aliphatic rings. The van der Waals surface area contributed by atoms with Crippen LogP contribution in [0.3, 0.4) is 0 Å². The van der Waals surface area contributed by atoms with Crippen LogP contribution in [-0.2, 0) is 19.6 Å². The number of ether oxygens (including phenoxy) is 1. The molecule has 5 nitrogen and oxygen atoms in total. The molecule has 0 aromatic heterocycles. The number of ketones is 1. The van der Waals surface area contributed by atoms with Crippen molar-refractivity contribution in [1.82, 2.24) is 4.31 Å². The number of rotatable bonds is 5. The third-order valence-corrected chi connectivity index (χ3v) is 7.88. The van der Waals surface area contributed by atoms with Gasteiger partial charge in [-0.05, 0) is 37.8 Å². The predicted molar refractivity (Wildman–Crippen MR) is 100 cm³/mol. The van der Waals surface area contributed by atoms with Gasteiger partial charge in [0.1, 0.15) is 6.61 Å². The minimum atomic E-state index is -3.57. The van der Waals surface area contributed by atoms with Gasteiger partial charge in [-0.2, -0.15) is 4.31 Å². The summed E-state index contributed by atoms with van der Waals surface area (Å²) in [6.07, 6.45) is 2.74. The first-order valence-electron chi connectivity index (χ1n) is 8.95. The van der Waals surface area contributed by atoms with Gasteiger partial charge < -0.3 is 4.74 Å². The summed E-state index contributed by atoms with van der Waals surface area (Å²) in [5.74, 6) is -0.102. The maximum Gasteiger partial charge on any atom is 0.243 e. The third-order valence-electron chi connectivity index (χ3n) is 6.05. The van der Waals surface area contributed by atoms with Crippen molar-refractivity contribution in [3.05, 3.63) is 41.5 Å². The molecule has 3 atom stereocenters. The number of nitrogens with zero attached hydrogens (tertiary/aromatic N) is 1. The molecule has 0 spiro atoms.